The second kappa shape index (κ2) is 9.85. The number of hydrogen-bond donors (Lipinski definition) is 0. The first-order valence-corrected chi connectivity index (χ1v) is 13.2. The molecule has 9 heteroatoms. The van der Waals surface area contributed by atoms with E-state index in [1.54, 1.807) is 19.1 Å². The van der Waals surface area contributed by atoms with Crippen molar-refractivity contribution in [1.29, 1.82) is 0 Å². The molecule has 3 heterocycles. The number of halogens is 2. The molecular formula is C26H18BrFN2O3S2. The van der Waals surface area contributed by atoms with E-state index in [1.165, 1.54) is 39.4 Å². The SMILES string of the molecule is CCOC(=O)C1=C(c2ccccc2)N=c2s/c(=C/c3ccc(Br)s3)c(=O)n2[C@@H]1c1ccc(F)cc1. The Morgan fingerprint density at radius 1 is 1.11 bits per heavy atom. The van der Waals surface area contributed by atoms with Crippen LogP contribution in [0.2, 0.25) is 0 Å². The molecule has 0 bridgehead atoms. The standard InChI is InChI=1S/C26H18BrFN2O3S2/c1-2-33-25(32)21-22(15-6-4-3-5-7-15)29-26-30(23(21)16-8-10-17(28)11-9-16)24(31)19(35-26)14-18-12-13-20(27)34-18/h3-14,23H,2H2,1H3/b19-14+/t23-/m1/s1. The van der Waals surface area contributed by atoms with Crippen LogP contribution in [0.5, 0.6) is 0 Å². The number of hydrogen-bond acceptors (Lipinski definition) is 6. The Hall–Kier alpha value is -3.14. The Morgan fingerprint density at radius 3 is 2.51 bits per heavy atom. The van der Waals surface area contributed by atoms with E-state index in [9.17, 15) is 14.0 Å². The van der Waals surface area contributed by atoms with Gasteiger partial charge in [-0.3, -0.25) is 9.36 Å². The molecule has 0 unspecified atom stereocenters. The molecule has 0 aliphatic carbocycles. The van der Waals surface area contributed by atoms with Crippen LogP contribution in [0.25, 0.3) is 11.8 Å². The minimum atomic E-state index is -0.821. The highest BCUT2D eigenvalue weighted by atomic mass is 79.9. The van der Waals surface area contributed by atoms with E-state index >= 15 is 0 Å². The third-order valence-corrected chi connectivity index (χ3v) is 7.98. The van der Waals surface area contributed by atoms with Crippen LogP contribution in [0.3, 0.4) is 0 Å². The second-order valence-corrected chi connectivity index (χ2v) is 11.1. The van der Waals surface area contributed by atoms with Gasteiger partial charge in [0.2, 0.25) is 0 Å². The minimum absolute atomic E-state index is 0.165. The Balaban J connectivity index is 1.83. The Bertz CT molecular complexity index is 1620. The normalized spacial score (nSPS) is 15.6. The zero-order valence-electron chi connectivity index (χ0n) is 18.4. The Labute approximate surface area is 216 Å². The van der Waals surface area contributed by atoms with Crippen LogP contribution in [0.15, 0.2) is 85.9 Å². The molecule has 176 valence electrons. The predicted octanol–water partition coefficient (Wildman–Crippen LogP) is 4.90. The van der Waals surface area contributed by atoms with Crippen LogP contribution in [0, 0.1) is 5.82 Å². The summed E-state index contributed by atoms with van der Waals surface area (Å²) in [6.07, 6.45) is 1.82. The van der Waals surface area contributed by atoms with Crippen LogP contribution in [0.1, 0.15) is 29.0 Å². The third kappa shape index (κ3) is 4.59. The highest BCUT2D eigenvalue weighted by molar-refractivity contribution is 9.11. The second-order valence-electron chi connectivity index (χ2n) is 7.62. The molecule has 35 heavy (non-hydrogen) atoms. The Kier molecular flexibility index (Phi) is 6.64. The van der Waals surface area contributed by atoms with Gasteiger partial charge in [-0.15, -0.1) is 11.3 Å². The van der Waals surface area contributed by atoms with Crippen LogP contribution < -0.4 is 14.9 Å². The average molecular weight is 569 g/mol. The molecule has 0 N–H and O–H groups in total. The first-order valence-electron chi connectivity index (χ1n) is 10.8. The fourth-order valence-corrected chi connectivity index (χ4v) is 6.37. The maximum Gasteiger partial charge on any atom is 0.338 e. The molecule has 2 aromatic heterocycles. The molecule has 1 atom stereocenters. The quantitative estimate of drug-likeness (QED) is 0.322. The van der Waals surface area contributed by atoms with E-state index < -0.39 is 17.8 Å². The number of thiophene rings is 1. The molecule has 0 radical (unpaired) electrons. The van der Waals surface area contributed by atoms with Crippen molar-refractivity contribution in [3.63, 3.8) is 0 Å². The lowest BCUT2D eigenvalue weighted by Gasteiger charge is -2.25. The summed E-state index contributed by atoms with van der Waals surface area (Å²) in [7, 11) is 0. The van der Waals surface area contributed by atoms with Crippen LogP contribution in [-0.4, -0.2) is 17.1 Å². The van der Waals surface area contributed by atoms with Crippen LogP contribution in [-0.2, 0) is 9.53 Å². The van der Waals surface area contributed by atoms with Crippen molar-refractivity contribution in [1.82, 2.24) is 4.57 Å². The van der Waals surface area contributed by atoms with Gasteiger partial charge in [0.15, 0.2) is 4.80 Å². The zero-order valence-corrected chi connectivity index (χ0v) is 21.6. The lowest BCUT2D eigenvalue weighted by molar-refractivity contribution is -0.138. The summed E-state index contributed by atoms with van der Waals surface area (Å²) in [6, 6.07) is 18.1. The van der Waals surface area contributed by atoms with Crippen molar-refractivity contribution in [3.8, 4) is 0 Å². The number of nitrogens with zero attached hydrogens (tertiary/aromatic N) is 2. The first-order chi connectivity index (χ1) is 17.0. The molecule has 1 aliphatic rings. The van der Waals surface area contributed by atoms with Gasteiger partial charge in [0.1, 0.15) is 5.82 Å². The summed E-state index contributed by atoms with van der Waals surface area (Å²) in [5.41, 5.74) is 1.71. The number of esters is 1. The summed E-state index contributed by atoms with van der Waals surface area (Å²) in [5.74, 6) is -0.977. The fraction of sp³-hybridized carbons (Fsp3) is 0.115. The molecule has 4 aromatic rings. The van der Waals surface area contributed by atoms with E-state index in [1.807, 2.05) is 48.5 Å². The number of aromatic nitrogens is 1. The molecule has 0 fully saturated rings. The number of ether oxygens (including phenoxy) is 1. The van der Waals surface area contributed by atoms with E-state index in [2.05, 4.69) is 15.9 Å². The zero-order chi connectivity index (χ0) is 24.5. The maximum atomic E-state index is 13.8. The van der Waals surface area contributed by atoms with E-state index in [0.29, 0.717) is 20.6 Å². The molecule has 1 aliphatic heterocycles. The van der Waals surface area contributed by atoms with E-state index in [0.717, 1.165) is 14.2 Å². The van der Waals surface area contributed by atoms with Crippen molar-refractivity contribution in [2.75, 3.05) is 6.61 Å². The highest BCUT2D eigenvalue weighted by Crippen LogP contribution is 2.35. The molecule has 5 rings (SSSR count). The smallest absolute Gasteiger partial charge is 0.338 e. The van der Waals surface area contributed by atoms with Gasteiger partial charge in [-0.25, -0.2) is 14.2 Å². The maximum absolute atomic E-state index is 13.8. The third-order valence-electron chi connectivity index (χ3n) is 5.43. The topological polar surface area (TPSA) is 60.7 Å². The summed E-state index contributed by atoms with van der Waals surface area (Å²) in [5, 5.41) is 0. The molecule has 0 spiro atoms. The number of rotatable bonds is 5. The lowest BCUT2D eigenvalue weighted by atomic mass is 9.93. The molecule has 5 nitrogen and oxygen atoms in total. The summed E-state index contributed by atoms with van der Waals surface area (Å²) < 4.78 is 22.2. The summed E-state index contributed by atoms with van der Waals surface area (Å²) in [6.45, 7) is 1.89. The largest absolute Gasteiger partial charge is 0.463 e. The number of fused-ring (bicyclic) bond motifs is 1. The number of thiazole rings is 1. The van der Waals surface area contributed by atoms with Gasteiger partial charge in [-0.2, -0.15) is 0 Å². The van der Waals surface area contributed by atoms with Crippen molar-refractivity contribution in [2.45, 2.75) is 13.0 Å². The molecular weight excluding hydrogens is 551 g/mol. The van der Waals surface area contributed by atoms with Gasteiger partial charge in [0.25, 0.3) is 5.56 Å². The fourth-order valence-electron chi connectivity index (χ4n) is 3.94. The summed E-state index contributed by atoms with van der Waals surface area (Å²) >= 11 is 6.21. The molecule has 0 saturated carbocycles. The van der Waals surface area contributed by atoms with Gasteiger partial charge in [-0.1, -0.05) is 53.8 Å². The van der Waals surface area contributed by atoms with E-state index in [-0.39, 0.29) is 17.7 Å². The molecule has 0 amide bonds. The van der Waals surface area contributed by atoms with Crippen molar-refractivity contribution in [3.05, 3.63) is 118 Å². The van der Waals surface area contributed by atoms with Gasteiger partial charge < -0.3 is 4.74 Å². The number of carbonyl (C=O) groups is 1. The first kappa shape index (κ1) is 23.6. The Morgan fingerprint density at radius 2 is 1.86 bits per heavy atom. The van der Waals surface area contributed by atoms with E-state index in [4.69, 9.17) is 9.73 Å². The van der Waals surface area contributed by atoms with Crippen LogP contribution >= 0.6 is 38.6 Å². The van der Waals surface area contributed by atoms with Gasteiger partial charge in [-0.05, 0) is 58.8 Å². The highest BCUT2D eigenvalue weighted by Gasteiger charge is 2.35. The van der Waals surface area contributed by atoms with Crippen molar-refractivity contribution in [2.24, 2.45) is 4.99 Å². The average Bonchev–Trinajstić information content (AvgIpc) is 3.41. The lowest BCUT2D eigenvalue weighted by Crippen LogP contribution is -2.40. The van der Waals surface area contributed by atoms with Gasteiger partial charge >= 0.3 is 5.97 Å². The van der Waals surface area contributed by atoms with Gasteiger partial charge in [0, 0.05) is 10.4 Å². The number of carbonyl (C=O) groups excluding carboxylic acids is 1. The van der Waals surface area contributed by atoms with Gasteiger partial charge in [0.05, 0.1) is 32.2 Å². The molecule has 2 aromatic carbocycles. The minimum Gasteiger partial charge on any atom is -0.463 e. The summed E-state index contributed by atoms with van der Waals surface area (Å²) in [4.78, 5) is 33.1. The number of benzene rings is 2. The van der Waals surface area contributed by atoms with Crippen molar-refractivity contribution < 1.29 is 13.9 Å². The van der Waals surface area contributed by atoms with Crippen molar-refractivity contribution >= 4 is 56.3 Å². The van der Waals surface area contributed by atoms with Crippen LogP contribution in [0.4, 0.5) is 4.39 Å². The predicted molar refractivity (Wildman–Crippen MR) is 139 cm³/mol. The monoisotopic (exact) mass is 568 g/mol. The molecule has 0 saturated heterocycles.